The topological polar surface area (TPSA) is 90.6 Å². The number of benzene rings is 2. The van der Waals surface area contributed by atoms with Crippen molar-refractivity contribution in [1.82, 2.24) is 9.97 Å². The Morgan fingerprint density at radius 1 is 1.19 bits per heavy atom. The quantitative estimate of drug-likeness (QED) is 0.355. The zero-order chi connectivity index (χ0) is 26.3. The van der Waals surface area contributed by atoms with Crippen LogP contribution in [0, 0.1) is 0 Å². The molecule has 0 aliphatic carbocycles. The molecule has 0 spiro atoms. The van der Waals surface area contributed by atoms with Gasteiger partial charge in [-0.25, -0.2) is 9.78 Å². The van der Waals surface area contributed by atoms with Crippen LogP contribution in [0.3, 0.4) is 0 Å². The summed E-state index contributed by atoms with van der Waals surface area (Å²) in [5.74, 6) is -0.333. The predicted molar refractivity (Wildman–Crippen MR) is 133 cm³/mol. The number of ether oxygens (including phenoxy) is 1. The van der Waals surface area contributed by atoms with Crippen LogP contribution in [-0.4, -0.2) is 35.6 Å². The second-order valence-electron chi connectivity index (χ2n) is 8.44. The molecule has 0 unspecified atom stereocenters. The maximum Gasteiger partial charge on any atom is 0.416 e. The van der Waals surface area contributed by atoms with Gasteiger partial charge in [-0.2, -0.15) is 13.2 Å². The number of nitrogens with zero attached hydrogens (tertiary/aromatic N) is 3. The second-order valence-corrected chi connectivity index (χ2v) is 8.44. The van der Waals surface area contributed by atoms with Gasteiger partial charge in [-0.05, 0) is 43.3 Å². The minimum absolute atomic E-state index is 0.00840. The van der Waals surface area contributed by atoms with Crippen molar-refractivity contribution in [3.8, 4) is 5.75 Å². The Labute approximate surface area is 209 Å². The Morgan fingerprint density at radius 3 is 2.73 bits per heavy atom. The molecule has 4 aromatic rings. The molecule has 3 amide bonds. The largest absolute Gasteiger partial charge is 0.497 e. The summed E-state index contributed by atoms with van der Waals surface area (Å²) in [5.41, 5.74) is 1.91. The maximum absolute atomic E-state index is 13.6. The smallest absolute Gasteiger partial charge is 0.416 e. The van der Waals surface area contributed by atoms with Gasteiger partial charge in [-0.15, -0.1) is 0 Å². The summed E-state index contributed by atoms with van der Waals surface area (Å²) in [5, 5.41) is 3.33. The number of rotatable bonds is 5. The summed E-state index contributed by atoms with van der Waals surface area (Å²) in [4.78, 5) is 37.2. The first-order valence-electron chi connectivity index (χ1n) is 11.4. The highest BCUT2D eigenvalue weighted by atomic mass is 19.4. The molecule has 2 aromatic carbocycles. The number of urea groups is 1. The summed E-state index contributed by atoms with van der Waals surface area (Å²) in [6.45, 7) is 2.48. The molecule has 190 valence electrons. The number of aromatic amines is 1. The van der Waals surface area contributed by atoms with Crippen molar-refractivity contribution in [3.05, 3.63) is 77.6 Å². The van der Waals surface area contributed by atoms with E-state index in [1.54, 1.807) is 23.4 Å². The number of hydrogen-bond donors (Lipinski definition) is 2. The second kappa shape index (κ2) is 9.16. The molecule has 0 bridgehead atoms. The van der Waals surface area contributed by atoms with Crippen LogP contribution in [0.2, 0.25) is 0 Å². The number of halogens is 3. The number of carbonyl (C=O) groups is 2. The van der Waals surface area contributed by atoms with Gasteiger partial charge in [0.05, 0.1) is 30.6 Å². The van der Waals surface area contributed by atoms with Crippen molar-refractivity contribution in [2.75, 3.05) is 28.8 Å². The Kier molecular flexibility index (Phi) is 5.98. The Balaban J connectivity index is 1.49. The first-order chi connectivity index (χ1) is 17.7. The summed E-state index contributed by atoms with van der Waals surface area (Å²) < 4.78 is 44.6. The van der Waals surface area contributed by atoms with Crippen molar-refractivity contribution in [2.45, 2.75) is 19.6 Å². The average molecular weight is 509 g/mol. The highest BCUT2D eigenvalue weighted by molar-refractivity contribution is 6.12. The zero-order valence-electron chi connectivity index (χ0n) is 19.9. The number of fused-ring (bicyclic) bond motifs is 3. The Hall–Kier alpha value is -4.54. The molecule has 2 N–H and O–H groups in total. The summed E-state index contributed by atoms with van der Waals surface area (Å²) in [6, 6.07) is 10.5. The van der Waals surface area contributed by atoms with Gasteiger partial charge in [0.15, 0.2) is 0 Å². The highest BCUT2D eigenvalue weighted by Gasteiger charge is 2.33. The number of hydrogen-bond acceptors (Lipinski definition) is 4. The molecule has 1 aliphatic heterocycles. The molecular formula is C26H22F3N5O3. The molecule has 11 heteroatoms. The van der Waals surface area contributed by atoms with E-state index in [0.29, 0.717) is 23.6 Å². The predicted octanol–water partition coefficient (Wildman–Crippen LogP) is 5.81. The molecule has 0 atom stereocenters. The van der Waals surface area contributed by atoms with E-state index in [1.807, 2.05) is 13.0 Å². The number of methoxy groups -OCH3 is 1. The molecule has 8 nitrogen and oxygen atoms in total. The van der Waals surface area contributed by atoms with Gasteiger partial charge in [0.1, 0.15) is 11.4 Å². The number of pyridine rings is 1. The standard InChI is InChI=1S/C26H22F3N5O3/c1-3-33-22-16(13-31-23-21(22)7-8-30-23)14-34(25(33)36)19-9-15(10-20(12-19)37-2)24(35)32-18-6-4-5-17(11-18)26(27,28)29/h4-13H,3,14H2,1-2H3,(H,30,31)(H,32,35). The molecule has 0 radical (unpaired) electrons. The fraction of sp³-hybridized carbons (Fsp3) is 0.192. The Morgan fingerprint density at radius 2 is 2.00 bits per heavy atom. The first kappa shape index (κ1) is 24.2. The van der Waals surface area contributed by atoms with E-state index in [4.69, 9.17) is 4.74 Å². The number of carbonyl (C=O) groups excluding carboxylic acids is 2. The van der Waals surface area contributed by atoms with E-state index in [0.717, 1.165) is 28.8 Å². The van der Waals surface area contributed by atoms with Crippen LogP contribution in [0.5, 0.6) is 5.75 Å². The number of alkyl halides is 3. The van der Waals surface area contributed by atoms with E-state index in [2.05, 4.69) is 15.3 Å². The van der Waals surface area contributed by atoms with Crippen molar-refractivity contribution in [2.24, 2.45) is 0 Å². The van der Waals surface area contributed by atoms with Crippen LogP contribution in [0.1, 0.15) is 28.4 Å². The van der Waals surface area contributed by atoms with Gasteiger partial charge in [0, 0.05) is 47.2 Å². The molecule has 3 heterocycles. The molecular weight excluding hydrogens is 487 g/mol. The van der Waals surface area contributed by atoms with Crippen molar-refractivity contribution in [3.63, 3.8) is 0 Å². The van der Waals surface area contributed by atoms with Crippen LogP contribution in [0.25, 0.3) is 11.0 Å². The van der Waals surface area contributed by atoms with Crippen molar-refractivity contribution in [1.29, 1.82) is 0 Å². The van der Waals surface area contributed by atoms with Gasteiger partial charge in [0.25, 0.3) is 5.91 Å². The van der Waals surface area contributed by atoms with E-state index >= 15 is 0 Å². The summed E-state index contributed by atoms with van der Waals surface area (Å²) in [7, 11) is 1.42. The van der Waals surface area contributed by atoms with Gasteiger partial charge in [-0.1, -0.05) is 6.07 Å². The number of nitrogens with one attached hydrogen (secondary N) is 2. The van der Waals surface area contributed by atoms with E-state index in [1.165, 1.54) is 36.3 Å². The van der Waals surface area contributed by atoms with Crippen molar-refractivity contribution >= 4 is 40.0 Å². The monoisotopic (exact) mass is 509 g/mol. The fourth-order valence-corrected chi connectivity index (χ4v) is 4.41. The SMILES string of the molecule is CCN1C(=O)N(c2cc(OC)cc(C(=O)Nc3cccc(C(F)(F)F)c3)c2)Cc2cnc3[nH]ccc3c21. The third-order valence-electron chi connectivity index (χ3n) is 6.16. The lowest BCUT2D eigenvalue weighted by atomic mass is 10.1. The summed E-state index contributed by atoms with van der Waals surface area (Å²) >= 11 is 0. The molecule has 0 saturated carbocycles. The lowest BCUT2D eigenvalue weighted by molar-refractivity contribution is -0.137. The van der Waals surface area contributed by atoms with Crippen LogP contribution in [-0.2, 0) is 12.7 Å². The van der Waals surface area contributed by atoms with Gasteiger partial charge < -0.3 is 15.0 Å². The third-order valence-corrected chi connectivity index (χ3v) is 6.16. The van der Waals surface area contributed by atoms with Crippen LogP contribution >= 0.6 is 0 Å². The zero-order valence-corrected chi connectivity index (χ0v) is 19.9. The van der Waals surface area contributed by atoms with E-state index < -0.39 is 17.6 Å². The van der Waals surface area contributed by atoms with Crippen LogP contribution in [0.4, 0.5) is 35.0 Å². The Bertz CT molecular complexity index is 1520. The molecule has 0 fully saturated rings. The molecule has 37 heavy (non-hydrogen) atoms. The molecule has 0 saturated heterocycles. The number of anilines is 3. The number of H-pyrrole nitrogens is 1. The normalized spacial score (nSPS) is 13.6. The minimum Gasteiger partial charge on any atom is -0.497 e. The molecule has 1 aliphatic rings. The molecule has 2 aromatic heterocycles. The minimum atomic E-state index is -4.54. The summed E-state index contributed by atoms with van der Waals surface area (Å²) in [6.07, 6.45) is -1.07. The first-order valence-corrected chi connectivity index (χ1v) is 11.4. The lowest BCUT2D eigenvalue weighted by Gasteiger charge is -2.37. The van der Waals surface area contributed by atoms with Crippen LogP contribution in [0.15, 0.2) is 60.9 Å². The van der Waals surface area contributed by atoms with Gasteiger partial charge >= 0.3 is 12.2 Å². The number of aromatic nitrogens is 2. The number of amides is 3. The maximum atomic E-state index is 13.6. The fourth-order valence-electron chi connectivity index (χ4n) is 4.41. The van der Waals surface area contributed by atoms with Gasteiger partial charge in [-0.3, -0.25) is 14.6 Å². The molecule has 5 rings (SSSR count). The van der Waals surface area contributed by atoms with E-state index in [9.17, 15) is 22.8 Å². The average Bonchev–Trinajstić information content (AvgIpc) is 3.37. The van der Waals surface area contributed by atoms with Crippen LogP contribution < -0.4 is 19.9 Å². The van der Waals surface area contributed by atoms with Crippen molar-refractivity contribution < 1.29 is 27.5 Å². The van der Waals surface area contributed by atoms with E-state index in [-0.39, 0.29) is 23.8 Å². The third kappa shape index (κ3) is 4.44. The highest BCUT2D eigenvalue weighted by Crippen LogP contribution is 2.37. The lowest BCUT2D eigenvalue weighted by Crippen LogP contribution is -2.47. The van der Waals surface area contributed by atoms with Gasteiger partial charge in [0.2, 0.25) is 0 Å².